The highest BCUT2D eigenvalue weighted by molar-refractivity contribution is 7.73. The van der Waals surface area contributed by atoms with E-state index in [1.165, 1.54) is 21.7 Å². The number of benzene rings is 2. The van der Waals surface area contributed by atoms with Crippen molar-refractivity contribution < 1.29 is 4.92 Å². The zero-order valence-electron chi connectivity index (χ0n) is 14.8. The summed E-state index contributed by atoms with van der Waals surface area (Å²) >= 11 is 1.60. The van der Waals surface area contributed by atoms with E-state index < -0.39 is 7.92 Å². The Hall–Kier alpha value is -1.68. The summed E-state index contributed by atoms with van der Waals surface area (Å²) in [6.07, 6.45) is 0. The van der Waals surface area contributed by atoms with Gasteiger partial charge in [0.05, 0.1) is 5.66 Å². The molecule has 1 atom stereocenters. The number of thiophene rings is 1. The molecule has 3 aromatic rings. The van der Waals surface area contributed by atoms with Crippen LogP contribution in [0.25, 0.3) is 0 Å². The first-order valence-corrected chi connectivity index (χ1v) is 10.5. The average Bonchev–Trinajstić information content (AvgIpc) is 3.11. The lowest BCUT2D eigenvalue weighted by Crippen LogP contribution is -2.22. The summed E-state index contributed by atoms with van der Waals surface area (Å²) in [6, 6.07) is 18.9. The van der Waals surface area contributed by atoms with Crippen LogP contribution in [0.4, 0.5) is 0 Å². The van der Waals surface area contributed by atoms with E-state index in [0.29, 0.717) is 0 Å². The van der Waals surface area contributed by atoms with Crippen molar-refractivity contribution in [2.75, 3.05) is 6.54 Å². The molecule has 1 aromatic heterocycles. The van der Waals surface area contributed by atoms with Crippen LogP contribution in [0.5, 0.6) is 0 Å². The van der Waals surface area contributed by atoms with E-state index in [1.54, 1.807) is 11.3 Å². The first-order chi connectivity index (χ1) is 12.0. The molecule has 6 heteroatoms. The largest absolute Gasteiger partial charge is 0.265 e. The third-order valence-corrected chi connectivity index (χ3v) is 7.68. The topological polar surface area (TPSA) is 43.1 Å². The lowest BCUT2D eigenvalue weighted by molar-refractivity contribution is -0.479. The third-order valence-electron chi connectivity index (χ3n) is 4.19. The van der Waals surface area contributed by atoms with Crippen molar-refractivity contribution >= 4 is 43.4 Å². The summed E-state index contributed by atoms with van der Waals surface area (Å²) in [6.45, 7) is 4.07. The van der Waals surface area contributed by atoms with E-state index in [2.05, 4.69) is 62.4 Å². The third kappa shape index (κ3) is 4.94. The second-order valence-corrected chi connectivity index (χ2v) is 9.31. The smallest absolute Gasteiger partial charge is 0.215 e. The van der Waals surface area contributed by atoms with Crippen molar-refractivity contribution in [2.24, 2.45) is 0 Å². The zero-order valence-corrected chi connectivity index (χ0v) is 17.5. The molecule has 0 aliphatic heterocycles. The fourth-order valence-corrected chi connectivity index (χ4v) is 6.39. The quantitative estimate of drug-likeness (QED) is 0.333. The fraction of sp³-hybridized carbons (Fsp3) is 0.200. The van der Waals surface area contributed by atoms with Gasteiger partial charge in [-0.05, 0) is 54.8 Å². The molecule has 0 radical (unpaired) electrons. The molecule has 136 valence electrons. The molecule has 0 bridgehead atoms. The molecule has 2 aromatic carbocycles. The predicted octanol–water partition coefficient (Wildman–Crippen LogP) is 4.93. The van der Waals surface area contributed by atoms with Gasteiger partial charge in [0.25, 0.3) is 0 Å². The molecular weight excluding hydrogens is 381 g/mol. The van der Waals surface area contributed by atoms with Gasteiger partial charge in [0.1, 0.15) is 0 Å². The highest BCUT2D eigenvalue weighted by atomic mass is 32.1. The summed E-state index contributed by atoms with van der Waals surface area (Å²) < 4.78 is 0. The Morgan fingerprint density at radius 1 is 0.962 bits per heavy atom. The Kier molecular flexibility index (Phi) is 7.39. The Bertz CT molecular complexity index is 788. The SMILES string of the molecule is Cc1ccc(P(c2ccc(C)cc2)C(C[N+](=O)[O-])c2ccsc2)cc1.S. The number of aryl methyl sites for hydroxylation is 2. The van der Waals surface area contributed by atoms with Crippen LogP contribution < -0.4 is 10.6 Å². The average molecular weight is 404 g/mol. The minimum atomic E-state index is -0.857. The van der Waals surface area contributed by atoms with Crippen LogP contribution in [0.15, 0.2) is 65.4 Å². The van der Waals surface area contributed by atoms with Gasteiger partial charge >= 0.3 is 0 Å². The molecule has 0 saturated carbocycles. The highest BCUT2D eigenvalue weighted by Crippen LogP contribution is 2.50. The van der Waals surface area contributed by atoms with Crippen LogP contribution in [0.3, 0.4) is 0 Å². The van der Waals surface area contributed by atoms with E-state index in [0.717, 1.165) is 5.56 Å². The van der Waals surface area contributed by atoms with Gasteiger partial charge in [-0.3, -0.25) is 10.1 Å². The molecule has 0 spiro atoms. The Labute approximate surface area is 166 Å². The minimum Gasteiger partial charge on any atom is -0.265 e. The minimum absolute atomic E-state index is 0. The van der Waals surface area contributed by atoms with Crippen LogP contribution in [-0.2, 0) is 0 Å². The van der Waals surface area contributed by atoms with Crippen LogP contribution in [-0.4, -0.2) is 11.5 Å². The maximum atomic E-state index is 11.4. The summed E-state index contributed by atoms with van der Waals surface area (Å²) in [4.78, 5) is 11.2. The lowest BCUT2D eigenvalue weighted by atomic mass is 10.2. The molecule has 0 aliphatic rings. The monoisotopic (exact) mass is 403 g/mol. The van der Waals surface area contributed by atoms with Crippen LogP contribution >= 0.6 is 32.8 Å². The van der Waals surface area contributed by atoms with Gasteiger partial charge < -0.3 is 0 Å². The van der Waals surface area contributed by atoms with Gasteiger partial charge in [0, 0.05) is 4.92 Å². The van der Waals surface area contributed by atoms with Crippen molar-refractivity contribution in [3.8, 4) is 0 Å². The second-order valence-electron chi connectivity index (χ2n) is 6.13. The summed E-state index contributed by atoms with van der Waals surface area (Å²) in [5.74, 6) is 0. The van der Waals surface area contributed by atoms with Crippen LogP contribution in [0, 0.1) is 24.0 Å². The number of nitrogens with zero attached hydrogens (tertiary/aromatic N) is 1. The van der Waals surface area contributed by atoms with E-state index in [-0.39, 0.29) is 30.6 Å². The van der Waals surface area contributed by atoms with Gasteiger partial charge in [0.2, 0.25) is 6.54 Å². The predicted molar refractivity (Wildman–Crippen MR) is 118 cm³/mol. The Morgan fingerprint density at radius 2 is 1.46 bits per heavy atom. The van der Waals surface area contributed by atoms with Gasteiger partial charge in [-0.1, -0.05) is 59.7 Å². The maximum absolute atomic E-state index is 11.4. The first kappa shape index (κ1) is 20.6. The van der Waals surface area contributed by atoms with Gasteiger partial charge in [-0.25, -0.2) is 0 Å². The molecule has 26 heavy (non-hydrogen) atoms. The van der Waals surface area contributed by atoms with Gasteiger partial charge in [0.15, 0.2) is 0 Å². The fourth-order valence-electron chi connectivity index (χ4n) is 2.86. The van der Waals surface area contributed by atoms with E-state index in [4.69, 9.17) is 0 Å². The summed E-state index contributed by atoms with van der Waals surface area (Å²) in [7, 11) is -0.857. The first-order valence-electron chi connectivity index (χ1n) is 8.11. The number of hydrogen-bond acceptors (Lipinski definition) is 3. The van der Waals surface area contributed by atoms with E-state index in [1.807, 2.05) is 16.8 Å². The lowest BCUT2D eigenvalue weighted by Gasteiger charge is -2.26. The molecule has 0 fully saturated rings. The van der Waals surface area contributed by atoms with Crippen molar-refractivity contribution in [3.05, 3.63) is 92.2 Å². The van der Waals surface area contributed by atoms with E-state index >= 15 is 0 Å². The number of nitro groups is 1. The summed E-state index contributed by atoms with van der Waals surface area (Å²) in [5, 5.41) is 17.8. The molecule has 3 rings (SSSR count). The molecule has 0 amide bonds. The van der Waals surface area contributed by atoms with Gasteiger partial charge in [-0.15, -0.1) is 0 Å². The molecular formula is C20H22NO2PS2. The van der Waals surface area contributed by atoms with Crippen molar-refractivity contribution in [3.63, 3.8) is 0 Å². The van der Waals surface area contributed by atoms with Crippen molar-refractivity contribution in [1.29, 1.82) is 0 Å². The zero-order chi connectivity index (χ0) is 17.8. The summed E-state index contributed by atoms with van der Waals surface area (Å²) in [5.41, 5.74) is 3.34. The number of hydrogen-bond donors (Lipinski definition) is 0. The Balaban J connectivity index is 0.00000243. The molecule has 0 aliphatic carbocycles. The Morgan fingerprint density at radius 3 is 1.85 bits per heavy atom. The molecule has 1 unspecified atom stereocenters. The number of rotatable bonds is 6. The van der Waals surface area contributed by atoms with Crippen molar-refractivity contribution in [2.45, 2.75) is 19.5 Å². The molecule has 0 N–H and O–H groups in total. The maximum Gasteiger partial charge on any atom is 0.215 e. The van der Waals surface area contributed by atoms with Gasteiger partial charge in [-0.2, -0.15) is 24.8 Å². The standard InChI is InChI=1S/C20H20NO2PS.H2S/c1-15-3-7-18(8-4-15)24(19-9-5-16(2)6-10-19)20(13-21(22)23)17-11-12-25-14-17;/h3-12,14,20H,13H2,1-2H3;1H2. The van der Waals surface area contributed by atoms with Crippen LogP contribution in [0.2, 0.25) is 0 Å². The molecule has 1 heterocycles. The normalized spacial score (nSPS) is 11.8. The van der Waals surface area contributed by atoms with Crippen molar-refractivity contribution in [1.82, 2.24) is 0 Å². The molecule has 3 nitrogen and oxygen atoms in total. The second kappa shape index (κ2) is 9.31. The van der Waals surface area contributed by atoms with E-state index in [9.17, 15) is 10.1 Å². The molecule has 0 saturated heterocycles. The highest BCUT2D eigenvalue weighted by Gasteiger charge is 2.30. The van der Waals surface area contributed by atoms with Crippen LogP contribution in [0.1, 0.15) is 22.3 Å².